The fourth-order valence-corrected chi connectivity index (χ4v) is 1.98. The Hall–Kier alpha value is -2.26. The van der Waals surface area contributed by atoms with Gasteiger partial charge in [-0.15, -0.1) is 11.3 Å². The van der Waals surface area contributed by atoms with Crippen LogP contribution in [-0.2, 0) is 0 Å². The second-order valence-electron chi connectivity index (χ2n) is 3.98. The first-order chi connectivity index (χ1) is 9.94. The standard InChI is InChI=1S/C15H9F3O2S/c16-15(17,18)10-20-12-5-3-11(4-6-12)14(19)8-7-13-2-1-9-21-13/h1-6,9H,10H2. The lowest BCUT2D eigenvalue weighted by atomic mass is 10.1. The highest BCUT2D eigenvalue weighted by Crippen LogP contribution is 2.19. The van der Waals surface area contributed by atoms with Gasteiger partial charge in [-0.2, -0.15) is 13.2 Å². The number of rotatable bonds is 3. The molecule has 1 heterocycles. The zero-order chi connectivity index (χ0) is 15.3. The van der Waals surface area contributed by atoms with E-state index >= 15 is 0 Å². The van der Waals surface area contributed by atoms with Crippen molar-refractivity contribution in [1.82, 2.24) is 0 Å². The minimum absolute atomic E-state index is 0.0510. The summed E-state index contributed by atoms with van der Waals surface area (Å²) < 4.78 is 40.5. The molecule has 0 saturated carbocycles. The van der Waals surface area contributed by atoms with Gasteiger partial charge in [0.05, 0.1) is 4.88 Å². The minimum atomic E-state index is -4.39. The zero-order valence-corrected chi connectivity index (χ0v) is 11.4. The van der Waals surface area contributed by atoms with Crippen LogP contribution >= 0.6 is 11.3 Å². The third kappa shape index (κ3) is 4.97. The van der Waals surface area contributed by atoms with Crippen LogP contribution in [0, 0.1) is 11.8 Å². The smallest absolute Gasteiger partial charge is 0.422 e. The second-order valence-corrected chi connectivity index (χ2v) is 4.93. The van der Waals surface area contributed by atoms with E-state index in [-0.39, 0.29) is 5.75 Å². The molecule has 0 atom stereocenters. The van der Waals surface area contributed by atoms with Gasteiger partial charge in [0.1, 0.15) is 5.75 Å². The van der Waals surface area contributed by atoms with Crippen molar-refractivity contribution in [3.63, 3.8) is 0 Å². The Morgan fingerprint density at radius 2 is 1.90 bits per heavy atom. The summed E-state index contributed by atoms with van der Waals surface area (Å²) in [5.74, 6) is 4.85. The molecule has 0 bridgehead atoms. The molecule has 2 aromatic rings. The van der Waals surface area contributed by atoms with Crippen molar-refractivity contribution in [2.24, 2.45) is 0 Å². The highest BCUT2D eigenvalue weighted by molar-refractivity contribution is 7.10. The molecule has 0 aliphatic carbocycles. The lowest BCUT2D eigenvalue weighted by Gasteiger charge is -2.08. The van der Waals surface area contributed by atoms with Gasteiger partial charge in [-0.05, 0) is 47.6 Å². The lowest BCUT2D eigenvalue weighted by Crippen LogP contribution is -2.19. The van der Waals surface area contributed by atoms with Gasteiger partial charge in [0.15, 0.2) is 6.61 Å². The number of thiophene rings is 1. The van der Waals surface area contributed by atoms with Crippen LogP contribution in [-0.4, -0.2) is 18.6 Å². The number of ether oxygens (including phenoxy) is 1. The number of carbonyl (C=O) groups excluding carboxylic acids is 1. The van der Waals surface area contributed by atoms with E-state index in [1.165, 1.54) is 35.6 Å². The van der Waals surface area contributed by atoms with Crippen molar-refractivity contribution in [3.8, 4) is 17.6 Å². The van der Waals surface area contributed by atoms with E-state index in [1.54, 1.807) is 6.07 Å². The largest absolute Gasteiger partial charge is 0.484 e. The third-order valence-electron chi connectivity index (χ3n) is 2.34. The van der Waals surface area contributed by atoms with Crippen LogP contribution in [0.3, 0.4) is 0 Å². The Labute approximate surface area is 123 Å². The topological polar surface area (TPSA) is 26.3 Å². The molecule has 0 aliphatic rings. The van der Waals surface area contributed by atoms with Crippen LogP contribution in [0.25, 0.3) is 0 Å². The first kappa shape index (κ1) is 15.1. The Balaban J connectivity index is 2.00. The molecule has 0 N–H and O–H groups in total. The summed E-state index contributed by atoms with van der Waals surface area (Å²) in [6.07, 6.45) is -4.39. The Morgan fingerprint density at radius 1 is 1.19 bits per heavy atom. The molecule has 0 aliphatic heterocycles. The number of carbonyl (C=O) groups is 1. The van der Waals surface area contributed by atoms with Gasteiger partial charge in [-0.3, -0.25) is 4.79 Å². The molecule has 2 rings (SSSR count). The van der Waals surface area contributed by atoms with Crippen LogP contribution in [0.15, 0.2) is 41.8 Å². The first-order valence-electron chi connectivity index (χ1n) is 5.83. The second kappa shape index (κ2) is 6.46. The van der Waals surface area contributed by atoms with Crippen LogP contribution < -0.4 is 4.74 Å². The molecule has 108 valence electrons. The predicted molar refractivity (Wildman–Crippen MR) is 73.5 cm³/mol. The van der Waals surface area contributed by atoms with Crippen LogP contribution in [0.4, 0.5) is 13.2 Å². The monoisotopic (exact) mass is 310 g/mol. The molecular weight excluding hydrogens is 301 g/mol. The maximum Gasteiger partial charge on any atom is 0.422 e. The maximum absolute atomic E-state index is 12.0. The summed E-state index contributed by atoms with van der Waals surface area (Å²) in [6.45, 7) is -1.36. The summed E-state index contributed by atoms with van der Waals surface area (Å²) in [6, 6.07) is 9.01. The van der Waals surface area contributed by atoms with Crippen molar-refractivity contribution < 1.29 is 22.7 Å². The van der Waals surface area contributed by atoms with E-state index in [2.05, 4.69) is 16.6 Å². The van der Waals surface area contributed by atoms with E-state index in [4.69, 9.17) is 0 Å². The SMILES string of the molecule is O=C(C#Cc1cccs1)c1ccc(OCC(F)(F)F)cc1. The van der Waals surface area contributed by atoms with E-state index in [0.29, 0.717) is 5.56 Å². The molecule has 1 aromatic heterocycles. The summed E-state index contributed by atoms with van der Waals surface area (Å²) in [4.78, 5) is 12.6. The van der Waals surface area contributed by atoms with Crippen molar-refractivity contribution in [1.29, 1.82) is 0 Å². The average Bonchev–Trinajstić information content (AvgIpc) is 2.95. The fraction of sp³-hybridized carbons (Fsp3) is 0.133. The van der Waals surface area contributed by atoms with Crippen molar-refractivity contribution in [2.45, 2.75) is 6.18 Å². The third-order valence-corrected chi connectivity index (χ3v) is 3.12. The molecule has 0 unspecified atom stereocenters. The molecule has 0 radical (unpaired) electrons. The van der Waals surface area contributed by atoms with Gasteiger partial charge in [0.2, 0.25) is 5.78 Å². The first-order valence-corrected chi connectivity index (χ1v) is 6.71. The highest BCUT2D eigenvalue weighted by Gasteiger charge is 2.28. The minimum Gasteiger partial charge on any atom is -0.484 e. The molecule has 21 heavy (non-hydrogen) atoms. The number of Topliss-reactive ketones (excluding diaryl/α,β-unsaturated/α-hetero) is 1. The summed E-state index contributed by atoms with van der Waals surface area (Å²) in [7, 11) is 0. The average molecular weight is 310 g/mol. The summed E-state index contributed by atoms with van der Waals surface area (Å²) >= 11 is 1.42. The van der Waals surface area contributed by atoms with Crippen LogP contribution in [0.2, 0.25) is 0 Å². The van der Waals surface area contributed by atoms with Crippen molar-refractivity contribution in [3.05, 3.63) is 52.2 Å². The fourth-order valence-electron chi connectivity index (χ4n) is 1.41. The van der Waals surface area contributed by atoms with E-state index < -0.39 is 18.6 Å². The van der Waals surface area contributed by atoms with Gasteiger partial charge in [0.25, 0.3) is 0 Å². The van der Waals surface area contributed by atoms with Gasteiger partial charge in [-0.25, -0.2) is 0 Å². The zero-order valence-electron chi connectivity index (χ0n) is 10.6. The number of ketones is 1. The number of hydrogen-bond donors (Lipinski definition) is 0. The summed E-state index contributed by atoms with van der Waals surface area (Å²) in [5, 5.41) is 1.85. The van der Waals surface area contributed by atoms with Crippen molar-refractivity contribution in [2.75, 3.05) is 6.61 Å². The molecular formula is C15H9F3O2S. The molecule has 0 saturated heterocycles. The number of hydrogen-bond acceptors (Lipinski definition) is 3. The molecule has 0 fully saturated rings. The Bertz CT molecular complexity index is 662. The number of alkyl halides is 3. The van der Waals surface area contributed by atoms with Gasteiger partial charge in [0, 0.05) is 5.56 Å². The molecule has 1 aromatic carbocycles. The maximum atomic E-state index is 12.0. The van der Waals surface area contributed by atoms with Gasteiger partial charge < -0.3 is 4.74 Å². The van der Waals surface area contributed by atoms with E-state index in [1.807, 2.05) is 11.4 Å². The quantitative estimate of drug-likeness (QED) is 0.634. The van der Waals surface area contributed by atoms with Crippen LogP contribution in [0.1, 0.15) is 15.2 Å². The van der Waals surface area contributed by atoms with Crippen molar-refractivity contribution >= 4 is 17.1 Å². The van der Waals surface area contributed by atoms with E-state index in [9.17, 15) is 18.0 Å². The normalized spacial score (nSPS) is 10.6. The molecule has 0 spiro atoms. The highest BCUT2D eigenvalue weighted by atomic mass is 32.1. The van der Waals surface area contributed by atoms with Gasteiger partial charge >= 0.3 is 6.18 Å². The Kier molecular flexibility index (Phi) is 4.66. The van der Waals surface area contributed by atoms with Gasteiger partial charge in [-0.1, -0.05) is 6.07 Å². The van der Waals surface area contributed by atoms with Crippen LogP contribution in [0.5, 0.6) is 5.75 Å². The summed E-state index contributed by atoms with van der Waals surface area (Å²) in [5.41, 5.74) is 0.304. The predicted octanol–water partition coefficient (Wildman–Crippen LogP) is 3.92. The molecule has 6 heteroatoms. The number of halogens is 3. The lowest BCUT2D eigenvalue weighted by molar-refractivity contribution is -0.153. The molecule has 0 amide bonds. The van der Waals surface area contributed by atoms with E-state index in [0.717, 1.165) is 4.88 Å². The Morgan fingerprint density at radius 3 is 2.48 bits per heavy atom. The number of benzene rings is 1. The molecule has 2 nitrogen and oxygen atoms in total.